The Morgan fingerprint density at radius 2 is 2.24 bits per heavy atom. The smallest absolute Gasteiger partial charge is 0.325 e. The van der Waals surface area contributed by atoms with Gasteiger partial charge < -0.3 is 10.4 Å². The van der Waals surface area contributed by atoms with E-state index in [0.717, 1.165) is 16.4 Å². The molecule has 2 rings (SSSR count). The molecule has 2 N–H and O–H groups in total. The van der Waals surface area contributed by atoms with Crippen LogP contribution in [0.4, 0.5) is 10.1 Å². The second-order valence-corrected chi connectivity index (χ2v) is 4.80. The lowest BCUT2D eigenvalue weighted by molar-refractivity contribution is -0.138. The van der Waals surface area contributed by atoms with Gasteiger partial charge in [0.05, 0.1) is 5.75 Å². The highest BCUT2D eigenvalue weighted by atomic mass is 32.2. The Hall–Kier alpha value is -2.49. The van der Waals surface area contributed by atoms with Crippen molar-refractivity contribution in [1.29, 1.82) is 0 Å². The minimum Gasteiger partial charge on any atom is -0.480 e. The lowest BCUT2D eigenvalue weighted by atomic mass is 10.3. The first-order valence-corrected chi connectivity index (χ1v) is 6.69. The van der Waals surface area contributed by atoms with Gasteiger partial charge in [0.25, 0.3) is 0 Å². The molecular formula is C11H10FN5O3S. The van der Waals surface area contributed by atoms with Crippen LogP contribution in [-0.4, -0.2) is 42.9 Å². The van der Waals surface area contributed by atoms with Crippen LogP contribution in [0.2, 0.25) is 0 Å². The van der Waals surface area contributed by atoms with Crippen LogP contribution in [-0.2, 0) is 16.1 Å². The molecule has 10 heteroatoms. The molecule has 0 atom stereocenters. The van der Waals surface area contributed by atoms with Crippen LogP contribution in [0.3, 0.4) is 0 Å². The SMILES string of the molecule is O=C(O)Cn1nnnc1SCC(=O)Nc1cccc(F)c1. The number of rotatable bonds is 6. The minimum atomic E-state index is -1.09. The molecule has 2 aromatic rings. The number of halogens is 1. The van der Waals surface area contributed by atoms with Crippen LogP contribution in [0.5, 0.6) is 0 Å². The predicted molar refractivity (Wildman–Crippen MR) is 71.2 cm³/mol. The third-order valence-electron chi connectivity index (χ3n) is 2.22. The Morgan fingerprint density at radius 1 is 1.43 bits per heavy atom. The second kappa shape index (κ2) is 6.79. The van der Waals surface area contributed by atoms with E-state index in [4.69, 9.17) is 5.11 Å². The highest BCUT2D eigenvalue weighted by molar-refractivity contribution is 7.99. The molecule has 1 aromatic heterocycles. The number of aliphatic carboxylic acids is 1. The van der Waals surface area contributed by atoms with Gasteiger partial charge in [0.2, 0.25) is 11.1 Å². The summed E-state index contributed by atoms with van der Waals surface area (Å²) in [5, 5.41) is 21.9. The van der Waals surface area contributed by atoms with Crippen molar-refractivity contribution in [3.8, 4) is 0 Å². The number of carboxylic acid groups (broad SMARTS) is 1. The number of aromatic nitrogens is 4. The van der Waals surface area contributed by atoms with Gasteiger partial charge in [0, 0.05) is 5.69 Å². The van der Waals surface area contributed by atoms with Crippen molar-refractivity contribution < 1.29 is 19.1 Å². The van der Waals surface area contributed by atoms with Crippen LogP contribution >= 0.6 is 11.8 Å². The van der Waals surface area contributed by atoms with E-state index in [9.17, 15) is 14.0 Å². The van der Waals surface area contributed by atoms with Gasteiger partial charge in [-0.25, -0.2) is 9.07 Å². The van der Waals surface area contributed by atoms with Gasteiger partial charge >= 0.3 is 5.97 Å². The van der Waals surface area contributed by atoms with Crippen molar-refractivity contribution >= 4 is 29.3 Å². The average molecular weight is 311 g/mol. The molecule has 8 nitrogen and oxygen atoms in total. The number of tetrazole rings is 1. The van der Waals surface area contributed by atoms with E-state index in [1.54, 1.807) is 6.07 Å². The molecular weight excluding hydrogens is 301 g/mol. The summed E-state index contributed by atoms with van der Waals surface area (Å²) in [7, 11) is 0. The van der Waals surface area contributed by atoms with Gasteiger partial charge in [-0.3, -0.25) is 9.59 Å². The molecule has 0 aliphatic rings. The summed E-state index contributed by atoms with van der Waals surface area (Å²) in [5.41, 5.74) is 0.339. The van der Waals surface area contributed by atoms with E-state index in [1.807, 2.05) is 0 Å². The summed E-state index contributed by atoms with van der Waals surface area (Å²) in [6.45, 7) is -0.388. The molecule has 0 radical (unpaired) electrons. The number of nitrogens with zero attached hydrogens (tertiary/aromatic N) is 4. The van der Waals surface area contributed by atoms with Gasteiger partial charge in [-0.05, 0) is 28.6 Å². The quantitative estimate of drug-likeness (QED) is 0.753. The van der Waals surface area contributed by atoms with Crippen LogP contribution in [0.25, 0.3) is 0 Å². The number of carbonyl (C=O) groups is 2. The van der Waals surface area contributed by atoms with Crippen molar-refractivity contribution in [2.45, 2.75) is 11.7 Å². The van der Waals surface area contributed by atoms with Gasteiger partial charge in [0.1, 0.15) is 12.4 Å². The first-order chi connectivity index (χ1) is 10.0. The number of carbonyl (C=O) groups excluding carboxylic acids is 1. The first-order valence-electron chi connectivity index (χ1n) is 5.71. The normalized spacial score (nSPS) is 10.3. The van der Waals surface area contributed by atoms with Crippen molar-refractivity contribution in [3.63, 3.8) is 0 Å². The summed E-state index contributed by atoms with van der Waals surface area (Å²) in [6.07, 6.45) is 0. The molecule has 0 spiro atoms. The molecule has 0 aliphatic heterocycles. The maximum Gasteiger partial charge on any atom is 0.325 e. The molecule has 1 heterocycles. The zero-order valence-electron chi connectivity index (χ0n) is 10.6. The Balaban J connectivity index is 1.89. The van der Waals surface area contributed by atoms with E-state index in [1.165, 1.54) is 18.2 Å². The molecule has 0 saturated carbocycles. The van der Waals surface area contributed by atoms with Gasteiger partial charge in [0.15, 0.2) is 0 Å². The Morgan fingerprint density at radius 3 is 2.95 bits per heavy atom. The number of anilines is 1. The summed E-state index contributed by atoms with van der Waals surface area (Å²) in [6, 6.07) is 5.49. The summed E-state index contributed by atoms with van der Waals surface area (Å²) < 4.78 is 14.0. The zero-order valence-corrected chi connectivity index (χ0v) is 11.4. The lowest BCUT2D eigenvalue weighted by Gasteiger charge is -2.04. The number of carboxylic acids is 1. The third-order valence-corrected chi connectivity index (χ3v) is 3.18. The number of amides is 1. The fourth-order valence-electron chi connectivity index (χ4n) is 1.42. The van der Waals surface area contributed by atoms with E-state index in [0.29, 0.717) is 5.69 Å². The number of thioether (sulfide) groups is 1. The Kier molecular flexibility index (Phi) is 4.82. The standard InChI is InChI=1S/C11H10FN5O3S/c12-7-2-1-3-8(4-7)13-9(18)6-21-11-14-15-16-17(11)5-10(19)20/h1-4H,5-6H2,(H,13,18)(H,19,20). The number of hydrogen-bond acceptors (Lipinski definition) is 6. The first kappa shape index (κ1) is 14.9. The highest BCUT2D eigenvalue weighted by Crippen LogP contribution is 2.15. The van der Waals surface area contributed by atoms with Gasteiger partial charge in [-0.1, -0.05) is 17.8 Å². The molecule has 1 aromatic carbocycles. The van der Waals surface area contributed by atoms with Crippen LogP contribution < -0.4 is 5.32 Å². The fraction of sp³-hybridized carbons (Fsp3) is 0.182. The van der Waals surface area contributed by atoms with Crippen molar-refractivity contribution in [3.05, 3.63) is 30.1 Å². The minimum absolute atomic E-state index is 0.0312. The zero-order chi connectivity index (χ0) is 15.2. The molecule has 110 valence electrons. The Labute approximate surface area is 122 Å². The summed E-state index contributed by atoms with van der Waals surface area (Å²) in [5.74, 6) is -1.95. The maximum absolute atomic E-state index is 13.0. The molecule has 1 amide bonds. The lowest BCUT2D eigenvalue weighted by Crippen LogP contribution is -2.16. The third kappa shape index (κ3) is 4.53. The van der Waals surface area contributed by atoms with E-state index < -0.39 is 11.8 Å². The average Bonchev–Trinajstić information content (AvgIpc) is 2.83. The van der Waals surface area contributed by atoms with Gasteiger partial charge in [-0.15, -0.1) is 5.10 Å². The van der Waals surface area contributed by atoms with Crippen molar-refractivity contribution in [1.82, 2.24) is 20.2 Å². The number of benzene rings is 1. The Bertz CT molecular complexity index is 663. The van der Waals surface area contributed by atoms with Crippen molar-refractivity contribution in [2.75, 3.05) is 11.1 Å². The highest BCUT2D eigenvalue weighted by Gasteiger charge is 2.12. The number of hydrogen-bond donors (Lipinski definition) is 2. The fourth-order valence-corrected chi connectivity index (χ4v) is 2.10. The predicted octanol–water partition coefficient (Wildman–Crippen LogP) is 0.628. The summed E-state index contributed by atoms with van der Waals surface area (Å²) in [4.78, 5) is 22.3. The summed E-state index contributed by atoms with van der Waals surface area (Å²) >= 11 is 0.985. The van der Waals surface area contributed by atoms with Crippen LogP contribution in [0.1, 0.15) is 0 Å². The molecule has 0 fully saturated rings. The van der Waals surface area contributed by atoms with Crippen LogP contribution in [0.15, 0.2) is 29.4 Å². The number of nitrogens with one attached hydrogen (secondary N) is 1. The van der Waals surface area contributed by atoms with Crippen LogP contribution in [0, 0.1) is 5.82 Å². The van der Waals surface area contributed by atoms with E-state index >= 15 is 0 Å². The maximum atomic E-state index is 13.0. The molecule has 0 saturated heterocycles. The van der Waals surface area contributed by atoms with Gasteiger partial charge in [-0.2, -0.15) is 0 Å². The van der Waals surface area contributed by atoms with E-state index in [2.05, 4.69) is 20.8 Å². The molecule has 0 aliphatic carbocycles. The monoisotopic (exact) mass is 311 g/mol. The largest absolute Gasteiger partial charge is 0.480 e. The van der Waals surface area contributed by atoms with Crippen molar-refractivity contribution in [2.24, 2.45) is 0 Å². The molecule has 0 bridgehead atoms. The topological polar surface area (TPSA) is 110 Å². The van der Waals surface area contributed by atoms with E-state index in [-0.39, 0.29) is 23.4 Å². The second-order valence-electron chi connectivity index (χ2n) is 3.86. The molecule has 21 heavy (non-hydrogen) atoms. The molecule has 0 unspecified atom stereocenters.